The molecule has 1 rings (SSSR count). The lowest BCUT2D eigenvalue weighted by molar-refractivity contribution is 0.0507. The highest BCUT2D eigenvalue weighted by Gasteiger charge is 2.27. The minimum Gasteiger partial charge on any atom is -0.444 e. The van der Waals surface area contributed by atoms with E-state index in [9.17, 15) is 4.79 Å². The maximum atomic E-state index is 11.9. The van der Waals surface area contributed by atoms with Crippen LogP contribution in [0.5, 0.6) is 0 Å². The van der Waals surface area contributed by atoms with Gasteiger partial charge in [-0.3, -0.25) is 4.99 Å². The molecule has 0 saturated carbocycles. The van der Waals surface area contributed by atoms with Crippen LogP contribution in [0, 0.1) is 0 Å². The molecule has 146 valence electrons. The number of likely N-dealkylation sites (tertiary alicyclic amines) is 1. The first kappa shape index (κ1) is 21.5. The van der Waals surface area contributed by atoms with Crippen molar-refractivity contribution >= 4 is 12.1 Å². The summed E-state index contributed by atoms with van der Waals surface area (Å²) in [7, 11) is 5.56. The molecule has 1 heterocycles. The Labute approximate surface area is 151 Å². The van der Waals surface area contributed by atoms with Gasteiger partial charge in [0.05, 0.1) is 12.6 Å². The maximum absolute atomic E-state index is 11.9. The predicted octanol–water partition coefficient (Wildman–Crippen LogP) is 0.739. The van der Waals surface area contributed by atoms with Crippen molar-refractivity contribution in [1.82, 2.24) is 20.4 Å². The molecular formula is C17H35N5O3. The molecule has 25 heavy (non-hydrogen) atoms. The van der Waals surface area contributed by atoms with E-state index in [1.807, 2.05) is 20.8 Å². The predicted molar refractivity (Wildman–Crippen MR) is 100 cm³/mol. The first-order valence-corrected chi connectivity index (χ1v) is 8.87. The van der Waals surface area contributed by atoms with Crippen LogP contribution in [0.1, 0.15) is 27.2 Å². The lowest BCUT2D eigenvalue weighted by Gasteiger charge is -2.24. The number of hydrogen-bond donors (Lipinski definition) is 2. The van der Waals surface area contributed by atoms with Crippen molar-refractivity contribution in [3.63, 3.8) is 0 Å². The van der Waals surface area contributed by atoms with Gasteiger partial charge in [-0.1, -0.05) is 0 Å². The number of guanidine groups is 1. The third-order valence-electron chi connectivity index (χ3n) is 3.87. The SMILES string of the molecule is CN=C(NCCN(C)CCOC)N1CCC(NC(=O)OC(C)(C)C)C1. The molecule has 0 aromatic heterocycles. The van der Waals surface area contributed by atoms with Crippen molar-refractivity contribution in [2.45, 2.75) is 38.8 Å². The summed E-state index contributed by atoms with van der Waals surface area (Å²) in [6, 6.07) is 0.0813. The highest BCUT2D eigenvalue weighted by atomic mass is 16.6. The Bertz CT molecular complexity index is 436. The number of likely N-dealkylation sites (N-methyl/N-ethyl adjacent to an activating group) is 1. The molecule has 1 amide bonds. The molecular weight excluding hydrogens is 322 g/mol. The highest BCUT2D eigenvalue weighted by molar-refractivity contribution is 5.80. The summed E-state index contributed by atoms with van der Waals surface area (Å²) >= 11 is 0. The van der Waals surface area contributed by atoms with E-state index in [4.69, 9.17) is 9.47 Å². The van der Waals surface area contributed by atoms with Crippen LogP contribution in [-0.2, 0) is 9.47 Å². The molecule has 2 N–H and O–H groups in total. The molecule has 0 aromatic rings. The van der Waals surface area contributed by atoms with Crippen molar-refractivity contribution in [3.05, 3.63) is 0 Å². The van der Waals surface area contributed by atoms with Gasteiger partial charge in [0.1, 0.15) is 5.60 Å². The van der Waals surface area contributed by atoms with Crippen molar-refractivity contribution in [1.29, 1.82) is 0 Å². The maximum Gasteiger partial charge on any atom is 0.407 e. The standard InChI is InChI=1S/C17H35N5O3/c1-17(2,3)25-16(23)20-14-7-9-22(13-14)15(18-4)19-8-10-21(5)11-12-24-6/h14H,7-13H2,1-6H3,(H,18,19)(H,20,23). The number of alkyl carbamates (subject to hydrolysis) is 1. The normalized spacial score (nSPS) is 18.6. The summed E-state index contributed by atoms with van der Waals surface area (Å²) in [5.41, 5.74) is -0.477. The molecule has 1 atom stereocenters. The van der Waals surface area contributed by atoms with Crippen LogP contribution in [0.2, 0.25) is 0 Å². The van der Waals surface area contributed by atoms with Crippen LogP contribution in [-0.4, -0.2) is 94.0 Å². The Balaban J connectivity index is 2.33. The van der Waals surface area contributed by atoms with E-state index in [0.29, 0.717) is 0 Å². The van der Waals surface area contributed by atoms with Gasteiger partial charge < -0.3 is 29.9 Å². The molecule has 1 aliphatic rings. The first-order valence-electron chi connectivity index (χ1n) is 8.87. The second-order valence-corrected chi connectivity index (χ2v) is 7.35. The number of nitrogens with one attached hydrogen (secondary N) is 2. The number of ether oxygens (including phenoxy) is 2. The zero-order chi connectivity index (χ0) is 18.9. The molecule has 0 radical (unpaired) electrons. The van der Waals surface area contributed by atoms with Crippen LogP contribution in [0.25, 0.3) is 0 Å². The van der Waals surface area contributed by atoms with E-state index < -0.39 is 5.60 Å². The van der Waals surface area contributed by atoms with Crippen LogP contribution < -0.4 is 10.6 Å². The molecule has 8 nitrogen and oxygen atoms in total. The van der Waals surface area contributed by atoms with Crippen LogP contribution in [0.15, 0.2) is 4.99 Å². The summed E-state index contributed by atoms with van der Waals surface area (Å²) in [5.74, 6) is 0.869. The Morgan fingerprint density at radius 2 is 2.08 bits per heavy atom. The minimum atomic E-state index is -0.477. The summed E-state index contributed by atoms with van der Waals surface area (Å²) in [6.07, 6.45) is 0.523. The van der Waals surface area contributed by atoms with Gasteiger partial charge in [0.15, 0.2) is 5.96 Å². The quantitative estimate of drug-likeness (QED) is 0.517. The molecule has 1 aliphatic heterocycles. The molecule has 0 spiro atoms. The topological polar surface area (TPSA) is 78.4 Å². The second-order valence-electron chi connectivity index (χ2n) is 7.35. The van der Waals surface area contributed by atoms with Crippen molar-refractivity contribution in [2.24, 2.45) is 4.99 Å². The molecule has 0 aromatic carbocycles. The van der Waals surface area contributed by atoms with Crippen molar-refractivity contribution in [3.8, 4) is 0 Å². The van der Waals surface area contributed by atoms with E-state index in [1.54, 1.807) is 14.2 Å². The molecule has 0 bridgehead atoms. The molecule has 1 fully saturated rings. The Hall–Kier alpha value is -1.54. The number of amides is 1. The number of methoxy groups -OCH3 is 1. The van der Waals surface area contributed by atoms with Gasteiger partial charge >= 0.3 is 6.09 Å². The number of carbonyl (C=O) groups is 1. The fraction of sp³-hybridized carbons (Fsp3) is 0.882. The van der Waals surface area contributed by atoms with Crippen LogP contribution in [0.3, 0.4) is 0 Å². The average molecular weight is 357 g/mol. The van der Waals surface area contributed by atoms with Crippen LogP contribution in [0.4, 0.5) is 4.79 Å². The third kappa shape index (κ3) is 8.92. The zero-order valence-electron chi connectivity index (χ0n) is 16.6. The van der Waals surface area contributed by atoms with Gasteiger partial charge in [-0.15, -0.1) is 0 Å². The molecule has 1 unspecified atom stereocenters. The number of rotatable bonds is 7. The third-order valence-corrected chi connectivity index (χ3v) is 3.87. The molecule has 1 saturated heterocycles. The van der Waals surface area contributed by atoms with Crippen molar-refractivity contribution in [2.75, 3.05) is 60.5 Å². The van der Waals surface area contributed by atoms with Gasteiger partial charge in [0.2, 0.25) is 0 Å². The van der Waals surface area contributed by atoms with E-state index in [2.05, 4.69) is 32.5 Å². The highest BCUT2D eigenvalue weighted by Crippen LogP contribution is 2.11. The van der Waals surface area contributed by atoms with Gasteiger partial charge in [-0.25, -0.2) is 4.79 Å². The summed E-state index contributed by atoms with van der Waals surface area (Å²) < 4.78 is 10.4. The minimum absolute atomic E-state index is 0.0813. The summed E-state index contributed by atoms with van der Waals surface area (Å²) in [4.78, 5) is 20.6. The Morgan fingerprint density at radius 1 is 1.36 bits per heavy atom. The largest absolute Gasteiger partial charge is 0.444 e. The fourth-order valence-corrected chi connectivity index (χ4v) is 2.59. The van der Waals surface area contributed by atoms with E-state index in [-0.39, 0.29) is 12.1 Å². The second kappa shape index (κ2) is 10.5. The van der Waals surface area contributed by atoms with Gasteiger partial charge in [0, 0.05) is 46.9 Å². The summed E-state index contributed by atoms with van der Waals surface area (Å²) in [5, 5.41) is 6.31. The first-order chi connectivity index (χ1) is 11.7. The number of aliphatic imine (C=N–C) groups is 1. The van der Waals surface area contributed by atoms with Crippen molar-refractivity contribution < 1.29 is 14.3 Å². The average Bonchev–Trinajstić information content (AvgIpc) is 2.95. The Morgan fingerprint density at radius 3 is 2.68 bits per heavy atom. The monoisotopic (exact) mass is 357 g/mol. The fourth-order valence-electron chi connectivity index (χ4n) is 2.59. The number of nitrogens with zero attached hydrogens (tertiary/aromatic N) is 3. The zero-order valence-corrected chi connectivity index (χ0v) is 16.6. The van der Waals surface area contributed by atoms with Gasteiger partial charge in [-0.05, 0) is 34.2 Å². The van der Waals surface area contributed by atoms with Gasteiger partial charge in [-0.2, -0.15) is 0 Å². The van der Waals surface area contributed by atoms with E-state index in [1.165, 1.54) is 0 Å². The molecule has 8 heteroatoms. The lowest BCUT2D eigenvalue weighted by Crippen LogP contribution is -2.45. The van der Waals surface area contributed by atoms with Crippen LogP contribution >= 0.6 is 0 Å². The smallest absolute Gasteiger partial charge is 0.407 e. The Kier molecular flexibility index (Phi) is 8.99. The molecule has 0 aliphatic carbocycles. The number of hydrogen-bond acceptors (Lipinski definition) is 5. The van der Waals surface area contributed by atoms with E-state index >= 15 is 0 Å². The lowest BCUT2D eigenvalue weighted by atomic mass is 10.2. The van der Waals surface area contributed by atoms with Gasteiger partial charge in [0.25, 0.3) is 0 Å². The summed E-state index contributed by atoms with van der Waals surface area (Å²) in [6.45, 7) is 10.5. The number of carbonyl (C=O) groups excluding carboxylic acids is 1. The van der Waals surface area contributed by atoms with E-state index in [0.717, 1.165) is 51.7 Å².